The van der Waals surface area contributed by atoms with Crippen molar-refractivity contribution in [3.63, 3.8) is 0 Å². The minimum atomic E-state index is -0.735. The van der Waals surface area contributed by atoms with Gasteiger partial charge in [-0.1, -0.05) is 0 Å². The van der Waals surface area contributed by atoms with Crippen LogP contribution in [0.1, 0.15) is 5.56 Å². The van der Waals surface area contributed by atoms with Gasteiger partial charge in [-0.2, -0.15) is 5.26 Å². The normalized spacial score (nSPS) is 11.3. The molecule has 0 bridgehead atoms. The van der Waals surface area contributed by atoms with Gasteiger partial charge < -0.3 is 10.7 Å². The van der Waals surface area contributed by atoms with Crippen molar-refractivity contribution >= 4 is 23.0 Å². The molecular weight excluding hydrogens is 204 g/mol. The number of pyridine rings is 1. The number of aromatic nitrogens is 2. The van der Waals surface area contributed by atoms with Crippen LogP contribution < -0.4 is 5.73 Å². The van der Waals surface area contributed by atoms with Gasteiger partial charge in [0, 0.05) is 23.3 Å². The van der Waals surface area contributed by atoms with Crippen LogP contribution in [0.25, 0.3) is 17.1 Å². The van der Waals surface area contributed by atoms with Gasteiger partial charge in [-0.15, -0.1) is 0 Å². The molecule has 0 radical (unpaired) electrons. The van der Waals surface area contributed by atoms with Gasteiger partial charge in [0.2, 0.25) is 0 Å². The third kappa shape index (κ3) is 1.64. The Labute approximate surface area is 91.2 Å². The number of H-pyrrole nitrogens is 1. The molecule has 1 amide bonds. The molecule has 0 aliphatic carbocycles. The minimum absolute atomic E-state index is 0.0789. The van der Waals surface area contributed by atoms with E-state index >= 15 is 0 Å². The lowest BCUT2D eigenvalue weighted by molar-refractivity contribution is -0.114. The van der Waals surface area contributed by atoms with Crippen LogP contribution in [0.5, 0.6) is 0 Å². The molecule has 3 N–H and O–H groups in total. The Hall–Kier alpha value is -2.61. The van der Waals surface area contributed by atoms with E-state index in [4.69, 9.17) is 11.0 Å². The molecule has 2 aromatic rings. The molecule has 0 atom stereocenters. The van der Waals surface area contributed by atoms with E-state index in [1.54, 1.807) is 24.5 Å². The molecule has 78 valence electrons. The molecular formula is C11H8N4O. The van der Waals surface area contributed by atoms with Crippen molar-refractivity contribution in [2.45, 2.75) is 0 Å². The Morgan fingerprint density at radius 3 is 3.12 bits per heavy atom. The first-order valence-corrected chi connectivity index (χ1v) is 4.56. The van der Waals surface area contributed by atoms with E-state index in [1.165, 1.54) is 6.08 Å². The van der Waals surface area contributed by atoms with Gasteiger partial charge in [0.1, 0.15) is 17.3 Å². The van der Waals surface area contributed by atoms with Crippen molar-refractivity contribution in [1.82, 2.24) is 9.97 Å². The van der Waals surface area contributed by atoms with Gasteiger partial charge in [0.05, 0.1) is 0 Å². The third-order valence-corrected chi connectivity index (χ3v) is 2.17. The number of nitrogens with two attached hydrogens (primary N) is 1. The van der Waals surface area contributed by atoms with Crippen LogP contribution >= 0.6 is 0 Å². The Bertz CT molecular complexity index is 618. The highest BCUT2D eigenvalue weighted by molar-refractivity contribution is 6.02. The average Bonchev–Trinajstić information content (AvgIpc) is 2.69. The lowest BCUT2D eigenvalue weighted by Gasteiger charge is -1.92. The van der Waals surface area contributed by atoms with E-state index < -0.39 is 5.91 Å². The molecule has 5 nitrogen and oxygen atoms in total. The SMILES string of the molecule is N#CC(=Cc1c[nH]c2ncccc12)C(N)=O. The molecule has 0 aliphatic heterocycles. The first-order chi connectivity index (χ1) is 7.72. The number of nitriles is 1. The highest BCUT2D eigenvalue weighted by Crippen LogP contribution is 2.18. The molecule has 0 unspecified atom stereocenters. The van der Waals surface area contributed by atoms with Crippen LogP contribution in [-0.4, -0.2) is 15.9 Å². The van der Waals surface area contributed by atoms with Crippen molar-refractivity contribution in [2.75, 3.05) is 0 Å². The number of carbonyl (C=O) groups is 1. The van der Waals surface area contributed by atoms with Crippen molar-refractivity contribution in [3.8, 4) is 6.07 Å². The zero-order valence-corrected chi connectivity index (χ0v) is 8.27. The molecule has 2 rings (SSSR count). The van der Waals surface area contributed by atoms with E-state index in [0.717, 1.165) is 10.9 Å². The fourth-order valence-corrected chi connectivity index (χ4v) is 1.41. The standard InChI is InChI=1S/C11H8N4O/c12-5-7(10(13)16)4-8-6-15-11-9(8)2-1-3-14-11/h1-4,6H,(H2,13,16)(H,14,15). The van der Waals surface area contributed by atoms with Gasteiger partial charge in [-0.3, -0.25) is 4.79 Å². The van der Waals surface area contributed by atoms with Gasteiger partial charge in [-0.05, 0) is 18.2 Å². The van der Waals surface area contributed by atoms with Crippen LogP contribution in [0.15, 0.2) is 30.1 Å². The van der Waals surface area contributed by atoms with Gasteiger partial charge in [0.15, 0.2) is 0 Å². The molecule has 2 heterocycles. The summed E-state index contributed by atoms with van der Waals surface area (Å²) in [5, 5.41) is 9.57. The first kappa shape index (κ1) is 9.93. The Balaban J connectivity index is 2.57. The number of fused-ring (bicyclic) bond motifs is 1. The number of nitrogens with zero attached hydrogens (tertiary/aromatic N) is 2. The van der Waals surface area contributed by atoms with E-state index in [0.29, 0.717) is 5.65 Å². The summed E-state index contributed by atoms with van der Waals surface area (Å²) in [4.78, 5) is 17.9. The topological polar surface area (TPSA) is 95.6 Å². The molecule has 0 saturated heterocycles. The van der Waals surface area contributed by atoms with Crippen LogP contribution in [-0.2, 0) is 4.79 Å². The van der Waals surface area contributed by atoms with Gasteiger partial charge in [-0.25, -0.2) is 4.98 Å². The second-order valence-electron chi connectivity index (χ2n) is 3.18. The van der Waals surface area contributed by atoms with E-state index in [2.05, 4.69) is 9.97 Å². The van der Waals surface area contributed by atoms with E-state index in [9.17, 15) is 4.79 Å². The Morgan fingerprint density at radius 2 is 2.44 bits per heavy atom. The number of rotatable bonds is 2. The minimum Gasteiger partial charge on any atom is -0.365 e. The smallest absolute Gasteiger partial charge is 0.259 e. The summed E-state index contributed by atoms with van der Waals surface area (Å²) in [6.07, 6.45) is 4.78. The summed E-state index contributed by atoms with van der Waals surface area (Å²) in [7, 11) is 0. The summed E-state index contributed by atoms with van der Waals surface area (Å²) < 4.78 is 0. The molecule has 0 spiro atoms. The van der Waals surface area contributed by atoms with Crippen LogP contribution in [0.2, 0.25) is 0 Å². The predicted molar refractivity (Wildman–Crippen MR) is 58.9 cm³/mol. The maximum absolute atomic E-state index is 10.9. The largest absolute Gasteiger partial charge is 0.365 e. The average molecular weight is 212 g/mol. The number of aromatic amines is 1. The van der Waals surface area contributed by atoms with Crippen LogP contribution in [0, 0.1) is 11.3 Å². The summed E-state index contributed by atoms with van der Waals surface area (Å²) in [5.41, 5.74) is 6.40. The van der Waals surface area contributed by atoms with E-state index in [1.807, 2.05) is 6.07 Å². The van der Waals surface area contributed by atoms with Crippen LogP contribution in [0.4, 0.5) is 0 Å². The monoisotopic (exact) mass is 212 g/mol. The maximum atomic E-state index is 10.9. The zero-order valence-electron chi connectivity index (χ0n) is 8.27. The Kier molecular flexibility index (Phi) is 2.40. The number of nitrogens with one attached hydrogen (secondary N) is 1. The fourth-order valence-electron chi connectivity index (χ4n) is 1.41. The maximum Gasteiger partial charge on any atom is 0.259 e. The molecule has 16 heavy (non-hydrogen) atoms. The van der Waals surface area contributed by atoms with Crippen molar-refractivity contribution in [3.05, 3.63) is 35.7 Å². The van der Waals surface area contributed by atoms with Crippen molar-refractivity contribution in [2.24, 2.45) is 5.73 Å². The molecule has 0 aliphatic rings. The van der Waals surface area contributed by atoms with Crippen molar-refractivity contribution < 1.29 is 4.79 Å². The number of carbonyl (C=O) groups excluding carboxylic acids is 1. The number of primary amides is 1. The number of hydrogen-bond donors (Lipinski definition) is 2. The molecule has 0 saturated carbocycles. The lowest BCUT2D eigenvalue weighted by atomic mass is 10.1. The molecule has 0 aromatic carbocycles. The molecule has 2 aromatic heterocycles. The summed E-state index contributed by atoms with van der Waals surface area (Å²) in [5.74, 6) is -0.735. The zero-order chi connectivity index (χ0) is 11.5. The number of hydrogen-bond acceptors (Lipinski definition) is 3. The van der Waals surface area contributed by atoms with Gasteiger partial charge >= 0.3 is 0 Å². The predicted octanol–water partition coefficient (Wildman–Crippen LogP) is 0.955. The van der Waals surface area contributed by atoms with Crippen LogP contribution in [0.3, 0.4) is 0 Å². The third-order valence-electron chi connectivity index (χ3n) is 2.17. The first-order valence-electron chi connectivity index (χ1n) is 4.56. The quantitative estimate of drug-likeness (QED) is 0.573. The fraction of sp³-hybridized carbons (Fsp3) is 0. The van der Waals surface area contributed by atoms with E-state index in [-0.39, 0.29) is 5.57 Å². The van der Waals surface area contributed by atoms with Crippen molar-refractivity contribution in [1.29, 1.82) is 5.26 Å². The number of amides is 1. The second-order valence-corrected chi connectivity index (χ2v) is 3.18. The highest BCUT2D eigenvalue weighted by atomic mass is 16.1. The molecule has 5 heteroatoms. The summed E-state index contributed by atoms with van der Waals surface area (Å²) >= 11 is 0. The Morgan fingerprint density at radius 1 is 1.62 bits per heavy atom. The molecule has 0 fully saturated rings. The highest BCUT2D eigenvalue weighted by Gasteiger charge is 2.06. The summed E-state index contributed by atoms with van der Waals surface area (Å²) in [6, 6.07) is 5.39. The second kappa shape index (κ2) is 3.87. The van der Waals surface area contributed by atoms with Gasteiger partial charge in [0.25, 0.3) is 5.91 Å². The summed E-state index contributed by atoms with van der Waals surface area (Å²) in [6.45, 7) is 0. The lowest BCUT2D eigenvalue weighted by Crippen LogP contribution is -2.12.